The van der Waals surface area contributed by atoms with Crippen molar-refractivity contribution in [2.45, 2.75) is 39.2 Å². The second-order valence-electron chi connectivity index (χ2n) is 5.94. The number of amides is 1. The van der Waals surface area contributed by atoms with Crippen LogP contribution in [0.1, 0.15) is 38.2 Å². The Labute approximate surface area is 142 Å². The van der Waals surface area contributed by atoms with Gasteiger partial charge in [-0.05, 0) is 25.8 Å². The first-order valence-corrected chi connectivity index (χ1v) is 8.37. The Hall–Kier alpha value is -2.24. The van der Waals surface area contributed by atoms with Crippen LogP contribution in [0.25, 0.3) is 0 Å². The summed E-state index contributed by atoms with van der Waals surface area (Å²) in [6.07, 6.45) is 2.95. The molecule has 0 spiro atoms. The van der Waals surface area contributed by atoms with Gasteiger partial charge in [-0.25, -0.2) is 0 Å². The van der Waals surface area contributed by atoms with Crippen LogP contribution in [-0.2, 0) is 16.1 Å². The monoisotopic (exact) mass is 335 g/mol. The number of rotatable bonds is 7. The number of para-hydroxylation sites is 1. The van der Waals surface area contributed by atoms with E-state index in [4.69, 9.17) is 9.47 Å². The lowest BCUT2D eigenvalue weighted by molar-refractivity contribution is -0.148. The lowest BCUT2D eigenvalue weighted by Crippen LogP contribution is -2.39. The number of carboxylic acids is 1. The van der Waals surface area contributed by atoms with Crippen LogP contribution in [-0.4, -0.2) is 30.7 Å². The van der Waals surface area contributed by atoms with Crippen molar-refractivity contribution in [3.8, 4) is 11.5 Å². The zero-order chi connectivity index (χ0) is 17.5. The van der Waals surface area contributed by atoms with Gasteiger partial charge in [-0.1, -0.05) is 25.0 Å². The van der Waals surface area contributed by atoms with Crippen molar-refractivity contribution in [1.29, 1.82) is 0 Å². The number of methoxy groups -OCH3 is 1. The number of ether oxygens (including phenoxy) is 2. The van der Waals surface area contributed by atoms with Gasteiger partial charge < -0.3 is 19.9 Å². The maximum atomic E-state index is 12.5. The molecule has 1 fully saturated rings. The molecule has 6 heteroatoms. The summed E-state index contributed by atoms with van der Waals surface area (Å²) < 4.78 is 10.9. The predicted molar refractivity (Wildman–Crippen MR) is 89.1 cm³/mol. The Balaban J connectivity index is 2.07. The molecule has 1 aromatic rings. The van der Waals surface area contributed by atoms with Crippen LogP contribution in [0.3, 0.4) is 0 Å². The Morgan fingerprint density at radius 1 is 1.25 bits per heavy atom. The summed E-state index contributed by atoms with van der Waals surface area (Å²) in [6, 6.07) is 5.50. The summed E-state index contributed by atoms with van der Waals surface area (Å²) in [6.45, 7) is 2.66. The second-order valence-corrected chi connectivity index (χ2v) is 5.94. The fourth-order valence-electron chi connectivity index (χ4n) is 3.22. The summed E-state index contributed by atoms with van der Waals surface area (Å²) in [5.41, 5.74) is 0.812. The van der Waals surface area contributed by atoms with Crippen LogP contribution in [0, 0.1) is 11.8 Å². The van der Waals surface area contributed by atoms with E-state index in [1.54, 1.807) is 13.2 Å². The number of carboxylic acid groups (broad SMARTS) is 1. The number of carbonyl (C=O) groups excluding carboxylic acids is 1. The highest BCUT2D eigenvalue weighted by molar-refractivity contribution is 5.84. The fraction of sp³-hybridized carbons (Fsp3) is 0.556. The molecule has 0 unspecified atom stereocenters. The molecular formula is C18H25NO5. The average molecular weight is 335 g/mol. The van der Waals surface area contributed by atoms with Gasteiger partial charge in [0.1, 0.15) is 0 Å². The van der Waals surface area contributed by atoms with Crippen molar-refractivity contribution in [2.24, 2.45) is 11.8 Å². The van der Waals surface area contributed by atoms with Gasteiger partial charge in [0.2, 0.25) is 5.91 Å². The van der Waals surface area contributed by atoms with Crippen LogP contribution < -0.4 is 14.8 Å². The van der Waals surface area contributed by atoms with Crippen LogP contribution in [0.4, 0.5) is 0 Å². The summed E-state index contributed by atoms with van der Waals surface area (Å²) in [5, 5.41) is 12.2. The molecule has 2 rings (SSSR count). The molecule has 0 aromatic heterocycles. The van der Waals surface area contributed by atoms with Crippen molar-refractivity contribution in [3.63, 3.8) is 0 Å². The van der Waals surface area contributed by atoms with E-state index < -0.39 is 17.8 Å². The van der Waals surface area contributed by atoms with Crippen LogP contribution >= 0.6 is 0 Å². The largest absolute Gasteiger partial charge is 0.493 e. The van der Waals surface area contributed by atoms with Gasteiger partial charge >= 0.3 is 5.97 Å². The topological polar surface area (TPSA) is 84.9 Å². The van der Waals surface area contributed by atoms with E-state index in [0.29, 0.717) is 30.9 Å². The van der Waals surface area contributed by atoms with Gasteiger partial charge in [-0.2, -0.15) is 0 Å². The number of carbonyl (C=O) groups is 2. The molecule has 0 bridgehead atoms. The number of benzene rings is 1. The lowest BCUT2D eigenvalue weighted by atomic mass is 9.78. The summed E-state index contributed by atoms with van der Waals surface area (Å²) in [4.78, 5) is 23.8. The predicted octanol–water partition coefficient (Wildman–Crippen LogP) is 2.60. The molecular weight excluding hydrogens is 310 g/mol. The van der Waals surface area contributed by atoms with Crippen LogP contribution in [0.2, 0.25) is 0 Å². The van der Waals surface area contributed by atoms with Gasteiger partial charge in [-0.3, -0.25) is 9.59 Å². The van der Waals surface area contributed by atoms with Gasteiger partial charge in [0.05, 0.1) is 25.6 Å². The molecule has 2 atom stereocenters. The summed E-state index contributed by atoms with van der Waals surface area (Å²) in [5.74, 6) is -0.905. The SMILES string of the molecule is CCOc1c(CNC(=O)[C@@H]2CCCC[C@@H]2C(=O)O)cccc1OC. The maximum absolute atomic E-state index is 12.5. The average Bonchev–Trinajstić information content (AvgIpc) is 2.60. The molecule has 132 valence electrons. The molecule has 0 saturated heterocycles. The maximum Gasteiger partial charge on any atom is 0.307 e. The molecule has 24 heavy (non-hydrogen) atoms. The summed E-state index contributed by atoms with van der Waals surface area (Å²) in [7, 11) is 1.57. The molecule has 0 heterocycles. The van der Waals surface area contributed by atoms with Gasteiger partial charge in [0.25, 0.3) is 0 Å². The number of aliphatic carboxylic acids is 1. The molecule has 1 aromatic carbocycles. The molecule has 1 aliphatic carbocycles. The van der Waals surface area contributed by atoms with Crippen molar-refractivity contribution in [1.82, 2.24) is 5.32 Å². The van der Waals surface area contributed by atoms with E-state index in [1.807, 2.05) is 19.1 Å². The minimum absolute atomic E-state index is 0.202. The zero-order valence-corrected chi connectivity index (χ0v) is 14.2. The number of hydrogen-bond donors (Lipinski definition) is 2. The van der Waals surface area contributed by atoms with Crippen molar-refractivity contribution in [3.05, 3.63) is 23.8 Å². The first-order valence-electron chi connectivity index (χ1n) is 8.37. The third-order valence-electron chi connectivity index (χ3n) is 4.44. The van der Waals surface area contributed by atoms with E-state index in [9.17, 15) is 14.7 Å². The summed E-state index contributed by atoms with van der Waals surface area (Å²) >= 11 is 0. The second kappa shape index (κ2) is 8.57. The highest BCUT2D eigenvalue weighted by atomic mass is 16.5. The third kappa shape index (κ3) is 4.19. The van der Waals surface area contributed by atoms with E-state index >= 15 is 0 Å². The van der Waals surface area contributed by atoms with E-state index in [1.165, 1.54) is 0 Å². The fourth-order valence-corrected chi connectivity index (χ4v) is 3.22. The lowest BCUT2D eigenvalue weighted by Gasteiger charge is -2.27. The minimum Gasteiger partial charge on any atom is -0.493 e. The minimum atomic E-state index is -0.883. The quantitative estimate of drug-likeness (QED) is 0.800. The Morgan fingerprint density at radius 3 is 2.58 bits per heavy atom. The van der Waals surface area contributed by atoms with Gasteiger partial charge in [0, 0.05) is 12.1 Å². The third-order valence-corrected chi connectivity index (χ3v) is 4.44. The molecule has 2 N–H and O–H groups in total. The molecule has 0 radical (unpaired) electrons. The zero-order valence-electron chi connectivity index (χ0n) is 14.2. The molecule has 6 nitrogen and oxygen atoms in total. The van der Waals surface area contributed by atoms with Crippen LogP contribution in [0.5, 0.6) is 11.5 Å². The van der Waals surface area contributed by atoms with Gasteiger partial charge in [-0.15, -0.1) is 0 Å². The Bertz CT molecular complexity index is 587. The smallest absolute Gasteiger partial charge is 0.307 e. The highest BCUT2D eigenvalue weighted by Gasteiger charge is 2.35. The molecule has 1 aliphatic rings. The Morgan fingerprint density at radius 2 is 1.96 bits per heavy atom. The van der Waals surface area contributed by atoms with Crippen molar-refractivity contribution >= 4 is 11.9 Å². The highest BCUT2D eigenvalue weighted by Crippen LogP contribution is 2.32. The van der Waals surface area contributed by atoms with Crippen LogP contribution in [0.15, 0.2) is 18.2 Å². The first kappa shape index (κ1) is 18.1. The molecule has 1 amide bonds. The normalized spacial score (nSPS) is 20.2. The number of hydrogen-bond acceptors (Lipinski definition) is 4. The number of nitrogens with one attached hydrogen (secondary N) is 1. The Kier molecular flexibility index (Phi) is 6.46. The van der Waals surface area contributed by atoms with Crippen molar-refractivity contribution < 1.29 is 24.2 Å². The van der Waals surface area contributed by atoms with E-state index in [-0.39, 0.29) is 12.5 Å². The van der Waals surface area contributed by atoms with E-state index in [0.717, 1.165) is 18.4 Å². The van der Waals surface area contributed by atoms with Gasteiger partial charge in [0.15, 0.2) is 11.5 Å². The standard InChI is InChI=1S/C18H25NO5/c1-3-24-16-12(7-6-10-15(16)23-2)11-19-17(20)13-8-4-5-9-14(13)18(21)22/h6-7,10,13-14H,3-5,8-9,11H2,1-2H3,(H,19,20)(H,21,22)/t13-,14+/m1/s1. The first-order chi connectivity index (χ1) is 11.6. The van der Waals surface area contributed by atoms with Crippen molar-refractivity contribution in [2.75, 3.05) is 13.7 Å². The molecule has 1 saturated carbocycles. The van der Waals surface area contributed by atoms with E-state index in [2.05, 4.69) is 5.32 Å². The molecule has 0 aliphatic heterocycles.